The third kappa shape index (κ3) is 4.69. The smallest absolute Gasteiger partial charge is 0.317 e. The Morgan fingerprint density at radius 1 is 1.04 bits per heavy atom. The van der Waals surface area contributed by atoms with E-state index in [0.717, 1.165) is 5.82 Å². The van der Waals surface area contributed by atoms with Crippen molar-refractivity contribution in [3.8, 4) is 0 Å². The van der Waals surface area contributed by atoms with Crippen molar-refractivity contribution in [2.45, 2.75) is 0 Å². The zero-order valence-electron chi connectivity index (χ0n) is 14.2. The molecule has 1 aliphatic rings. The largest absolute Gasteiger partial charge is 0.353 e. The van der Waals surface area contributed by atoms with Crippen LogP contribution in [0.3, 0.4) is 0 Å². The van der Waals surface area contributed by atoms with Gasteiger partial charge in [0, 0.05) is 38.1 Å². The van der Waals surface area contributed by atoms with Gasteiger partial charge in [0.2, 0.25) is 5.91 Å². The van der Waals surface area contributed by atoms with Gasteiger partial charge in [-0.2, -0.15) is 0 Å². The first-order chi connectivity index (χ1) is 12.6. The summed E-state index contributed by atoms with van der Waals surface area (Å²) < 4.78 is 12.8. The number of halogens is 1. The van der Waals surface area contributed by atoms with Crippen LogP contribution in [0.25, 0.3) is 0 Å². The van der Waals surface area contributed by atoms with E-state index in [1.165, 1.54) is 24.3 Å². The molecule has 3 rings (SSSR count). The molecular weight excluding hydrogens is 337 g/mol. The Morgan fingerprint density at radius 2 is 1.77 bits per heavy atom. The molecule has 3 amide bonds. The molecule has 2 N–H and O–H groups in total. The molecule has 1 aromatic heterocycles. The Kier molecular flexibility index (Phi) is 5.62. The Labute approximate surface area is 150 Å². The predicted molar refractivity (Wildman–Crippen MR) is 96.5 cm³/mol. The quantitative estimate of drug-likeness (QED) is 0.873. The maximum atomic E-state index is 12.8. The molecule has 8 heteroatoms. The fourth-order valence-corrected chi connectivity index (χ4v) is 2.69. The summed E-state index contributed by atoms with van der Waals surface area (Å²) in [7, 11) is 0. The van der Waals surface area contributed by atoms with Gasteiger partial charge < -0.3 is 20.4 Å². The molecule has 1 aliphatic heterocycles. The normalized spacial score (nSPS) is 14.0. The summed E-state index contributed by atoms with van der Waals surface area (Å²) in [4.78, 5) is 32.2. The number of hydrogen-bond acceptors (Lipinski definition) is 4. The molecule has 26 heavy (non-hydrogen) atoms. The molecule has 2 heterocycles. The summed E-state index contributed by atoms with van der Waals surface area (Å²) in [6.45, 7) is 2.35. The first kappa shape index (κ1) is 17.7. The highest BCUT2D eigenvalue weighted by Crippen LogP contribution is 2.12. The van der Waals surface area contributed by atoms with Gasteiger partial charge in [-0.15, -0.1) is 0 Å². The zero-order valence-corrected chi connectivity index (χ0v) is 14.2. The second kappa shape index (κ2) is 8.28. The van der Waals surface area contributed by atoms with Gasteiger partial charge in [0.15, 0.2) is 0 Å². The number of anilines is 2. The van der Waals surface area contributed by atoms with Crippen LogP contribution in [0.5, 0.6) is 0 Å². The molecular formula is C18H20FN5O2. The standard InChI is InChI=1S/C18H20FN5O2/c19-14-4-6-15(7-5-14)22-17(25)13-21-18(26)24-11-9-23(10-12-24)16-3-1-2-8-20-16/h1-8H,9-13H2,(H,21,26)(H,22,25). The Morgan fingerprint density at radius 3 is 2.42 bits per heavy atom. The number of nitrogens with one attached hydrogen (secondary N) is 2. The third-order valence-electron chi connectivity index (χ3n) is 4.07. The molecule has 0 aliphatic carbocycles. The van der Waals surface area contributed by atoms with Gasteiger partial charge in [0.1, 0.15) is 11.6 Å². The van der Waals surface area contributed by atoms with E-state index < -0.39 is 0 Å². The van der Waals surface area contributed by atoms with E-state index in [2.05, 4.69) is 20.5 Å². The van der Waals surface area contributed by atoms with Crippen molar-refractivity contribution in [3.63, 3.8) is 0 Å². The van der Waals surface area contributed by atoms with Crippen LogP contribution < -0.4 is 15.5 Å². The number of piperazine rings is 1. The number of carbonyl (C=O) groups is 2. The maximum Gasteiger partial charge on any atom is 0.317 e. The minimum atomic E-state index is -0.374. The number of rotatable bonds is 4. The van der Waals surface area contributed by atoms with Crippen molar-refractivity contribution in [1.82, 2.24) is 15.2 Å². The molecule has 0 unspecified atom stereocenters. The SMILES string of the molecule is O=C(CNC(=O)N1CCN(c2ccccn2)CC1)Nc1ccc(F)cc1. The van der Waals surface area contributed by atoms with Crippen molar-refractivity contribution in [2.75, 3.05) is 42.9 Å². The number of amides is 3. The Hall–Kier alpha value is -3.16. The van der Waals surface area contributed by atoms with E-state index in [9.17, 15) is 14.0 Å². The van der Waals surface area contributed by atoms with E-state index in [1.807, 2.05) is 18.2 Å². The second-order valence-corrected chi connectivity index (χ2v) is 5.88. The fraction of sp³-hybridized carbons (Fsp3) is 0.278. The minimum Gasteiger partial charge on any atom is -0.353 e. The fourth-order valence-electron chi connectivity index (χ4n) is 2.69. The average Bonchev–Trinajstić information content (AvgIpc) is 2.69. The van der Waals surface area contributed by atoms with Crippen LogP contribution in [0.2, 0.25) is 0 Å². The lowest BCUT2D eigenvalue weighted by molar-refractivity contribution is -0.115. The van der Waals surface area contributed by atoms with Gasteiger partial charge in [0.25, 0.3) is 0 Å². The number of nitrogens with zero attached hydrogens (tertiary/aromatic N) is 3. The van der Waals surface area contributed by atoms with Crippen LogP contribution in [0, 0.1) is 5.82 Å². The number of carbonyl (C=O) groups excluding carboxylic acids is 2. The van der Waals surface area contributed by atoms with E-state index >= 15 is 0 Å². The first-order valence-electron chi connectivity index (χ1n) is 8.36. The van der Waals surface area contributed by atoms with Gasteiger partial charge in [-0.25, -0.2) is 14.2 Å². The van der Waals surface area contributed by atoms with Crippen molar-refractivity contribution >= 4 is 23.4 Å². The van der Waals surface area contributed by atoms with Crippen LogP contribution >= 0.6 is 0 Å². The topological polar surface area (TPSA) is 77.6 Å². The molecule has 0 atom stereocenters. The van der Waals surface area contributed by atoms with E-state index in [0.29, 0.717) is 31.9 Å². The number of hydrogen-bond donors (Lipinski definition) is 2. The van der Waals surface area contributed by atoms with Crippen LogP contribution in [-0.4, -0.2) is 54.5 Å². The second-order valence-electron chi connectivity index (χ2n) is 5.88. The third-order valence-corrected chi connectivity index (χ3v) is 4.07. The lowest BCUT2D eigenvalue weighted by Gasteiger charge is -2.35. The highest BCUT2D eigenvalue weighted by molar-refractivity contribution is 5.94. The molecule has 136 valence electrons. The Balaban J connectivity index is 1.41. The molecule has 0 bridgehead atoms. The lowest BCUT2D eigenvalue weighted by Crippen LogP contribution is -2.52. The molecule has 1 aromatic carbocycles. The molecule has 1 saturated heterocycles. The van der Waals surface area contributed by atoms with Crippen molar-refractivity contribution < 1.29 is 14.0 Å². The van der Waals surface area contributed by atoms with Gasteiger partial charge in [-0.05, 0) is 36.4 Å². The van der Waals surface area contributed by atoms with Crippen LogP contribution in [0.1, 0.15) is 0 Å². The number of pyridine rings is 1. The summed E-state index contributed by atoms with van der Waals surface area (Å²) in [5.74, 6) is 0.157. The van der Waals surface area contributed by atoms with E-state index in [1.54, 1.807) is 11.1 Å². The summed E-state index contributed by atoms with van der Waals surface area (Å²) in [6.07, 6.45) is 1.74. The molecule has 0 spiro atoms. The zero-order chi connectivity index (χ0) is 18.4. The Bertz CT molecular complexity index is 746. The van der Waals surface area contributed by atoms with Crippen LogP contribution in [0.15, 0.2) is 48.7 Å². The highest BCUT2D eigenvalue weighted by Gasteiger charge is 2.21. The monoisotopic (exact) mass is 357 g/mol. The lowest BCUT2D eigenvalue weighted by atomic mass is 10.3. The molecule has 1 fully saturated rings. The molecule has 0 saturated carbocycles. The summed E-state index contributed by atoms with van der Waals surface area (Å²) in [6, 6.07) is 10.9. The number of benzene rings is 1. The summed E-state index contributed by atoms with van der Waals surface area (Å²) in [5, 5.41) is 5.21. The summed E-state index contributed by atoms with van der Waals surface area (Å²) >= 11 is 0. The first-order valence-corrected chi connectivity index (χ1v) is 8.36. The van der Waals surface area contributed by atoms with Gasteiger partial charge in [0.05, 0.1) is 6.54 Å². The molecule has 0 radical (unpaired) electrons. The van der Waals surface area contributed by atoms with Crippen LogP contribution in [-0.2, 0) is 4.79 Å². The van der Waals surface area contributed by atoms with Gasteiger partial charge >= 0.3 is 6.03 Å². The van der Waals surface area contributed by atoms with Crippen molar-refractivity contribution in [2.24, 2.45) is 0 Å². The van der Waals surface area contributed by atoms with E-state index in [-0.39, 0.29) is 24.3 Å². The average molecular weight is 357 g/mol. The van der Waals surface area contributed by atoms with Crippen molar-refractivity contribution in [3.05, 3.63) is 54.5 Å². The van der Waals surface area contributed by atoms with Crippen LogP contribution in [0.4, 0.5) is 20.7 Å². The minimum absolute atomic E-state index is 0.142. The molecule has 2 aromatic rings. The predicted octanol–water partition coefficient (Wildman–Crippen LogP) is 1.69. The summed E-state index contributed by atoms with van der Waals surface area (Å²) in [5.41, 5.74) is 0.481. The maximum absolute atomic E-state index is 12.8. The van der Waals surface area contributed by atoms with Crippen molar-refractivity contribution in [1.29, 1.82) is 0 Å². The molecule has 7 nitrogen and oxygen atoms in total. The number of urea groups is 1. The highest BCUT2D eigenvalue weighted by atomic mass is 19.1. The van der Waals surface area contributed by atoms with E-state index in [4.69, 9.17) is 0 Å². The number of aromatic nitrogens is 1. The van der Waals surface area contributed by atoms with Gasteiger partial charge in [-0.1, -0.05) is 6.07 Å². The van der Waals surface area contributed by atoms with Gasteiger partial charge in [-0.3, -0.25) is 4.79 Å².